The largest absolute Gasteiger partial charge is 0.494 e. The number of carboxylic acid groups (broad SMARTS) is 1. The fourth-order valence-corrected chi connectivity index (χ4v) is 3.41. The second kappa shape index (κ2) is 12.1. The Labute approximate surface area is 199 Å². The van der Waals surface area contributed by atoms with E-state index in [1.165, 1.54) is 33.5 Å². The Morgan fingerprint density at radius 1 is 0.818 bits per heavy atom. The first-order valence-corrected chi connectivity index (χ1v) is 11.4. The van der Waals surface area contributed by atoms with Crippen LogP contribution in [0.25, 0.3) is 0 Å². The summed E-state index contributed by atoms with van der Waals surface area (Å²) in [6, 6.07) is 15.1. The van der Waals surface area contributed by atoms with Gasteiger partial charge in [0, 0.05) is 29.8 Å². The van der Waals surface area contributed by atoms with Gasteiger partial charge in [-0.1, -0.05) is 15.9 Å². The van der Waals surface area contributed by atoms with Gasteiger partial charge in [-0.3, -0.25) is 9.36 Å². The predicted molar refractivity (Wildman–Crippen MR) is 127 cm³/mol. The topological polar surface area (TPSA) is 99.8 Å². The Morgan fingerprint density at radius 3 is 2.06 bits per heavy atom. The van der Waals surface area contributed by atoms with Crippen molar-refractivity contribution >= 4 is 21.9 Å². The molecule has 0 radical (unpaired) electrons. The zero-order valence-corrected chi connectivity index (χ0v) is 19.6. The Bertz CT molecular complexity index is 1170. The van der Waals surface area contributed by atoms with Crippen LogP contribution < -0.4 is 20.7 Å². The number of hydrogen-bond acceptors (Lipinski definition) is 5. The van der Waals surface area contributed by atoms with E-state index in [1.54, 1.807) is 12.1 Å². The number of benzene rings is 2. The van der Waals surface area contributed by atoms with Gasteiger partial charge in [-0.2, -0.15) is 0 Å². The molecule has 0 aliphatic carbocycles. The van der Waals surface area contributed by atoms with Gasteiger partial charge in [-0.05, 0) is 67.8 Å². The second-order valence-corrected chi connectivity index (χ2v) is 8.24. The quantitative estimate of drug-likeness (QED) is 0.367. The van der Waals surface area contributed by atoms with Gasteiger partial charge in [0.1, 0.15) is 11.5 Å². The molecule has 3 aromatic rings. The third-order valence-electron chi connectivity index (χ3n) is 4.91. The van der Waals surface area contributed by atoms with Crippen molar-refractivity contribution in [2.45, 2.75) is 32.4 Å². The molecule has 8 nitrogen and oxygen atoms in total. The first kappa shape index (κ1) is 24.3. The molecule has 0 atom stereocenters. The summed E-state index contributed by atoms with van der Waals surface area (Å²) in [5.74, 6) is 0.345. The SMILES string of the molecule is O=C(O)c1ccc(OCCCCn2c(=O)ccn(CCCOc3ccc(Br)cc3)c2=O)cc1. The number of aromatic nitrogens is 2. The molecule has 2 aromatic carbocycles. The van der Waals surface area contributed by atoms with Crippen molar-refractivity contribution in [3.63, 3.8) is 0 Å². The van der Waals surface area contributed by atoms with E-state index in [0.717, 1.165) is 10.2 Å². The van der Waals surface area contributed by atoms with E-state index in [-0.39, 0.29) is 16.8 Å². The van der Waals surface area contributed by atoms with Crippen molar-refractivity contribution in [3.8, 4) is 11.5 Å². The molecule has 0 amide bonds. The lowest BCUT2D eigenvalue weighted by Gasteiger charge is -2.11. The lowest BCUT2D eigenvalue weighted by Crippen LogP contribution is -2.39. The van der Waals surface area contributed by atoms with E-state index >= 15 is 0 Å². The van der Waals surface area contributed by atoms with Crippen LogP contribution >= 0.6 is 15.9 Å². The summed E-state index contributed by atoms with van der Waals surface area (Å²) < 4.78 is 15.0. The smallest absolute Gasteiger partial charge is 0.335 e. The number of carboxylic acids is 1. The minimum Gasteiger partial charge on any atom is -0.494 e. The molecular weight excluding hydrogens is 492 g/mol. The molecule has 0 aliphatic rings. The number of nitrogens with zero attached hydrogens (tertiary/aromatic N) is 2. The van der Waals surface area contributed by atoms with Crippen LogP contribution in [0.4, 0.5) is 0 Å². The molecule has 1 aromatic heterocycles. The van der Waals surface area contributed by atoms with Crippen LogP contribution in [0.5, 0.6) is 11.5 Å². The molecule has 9 heteroatoms. The number of unbranched alkanes of at least 4 members (excludes halogenated alkanes) is 1. The second-order valence-electron chi connectivity index (χ2n) is 7.32. The number of halogens is 1. The Hall–Kier alpha value is -3.33. The summed E-state index contributed by atoms with van der Waals surface area (Å²) in [4.78, 5) is 35.7. The zero-order valence-electron chi connectivity index (χ0n) is 18.0. The fraction of sp³-hybridized carbons (Fsp3) is 0.292. The molecule has 0 saturated carbocycles. The Balaban J connectivity index is 1.44. The van der Waals surface area contributed by atoms with Crippen molar-refractivity contribution in [1.82, 2.24) is 9.13 Å². The van der Waals surface area contributed by atoms with E-state index in [2.05, 4.69) is 15.9 Å². The third-order valence-corrected chi connectivity index (χ3v) is 5.44. The minimum atomic E-state index is -0.988. The maximum absolute atomic E-state index is 12.7. The highest BCUT2D eigenvalue weighted by Crippen LogP contribution is 2.16. The molecule has 33 heavy (non-hydrogen) atoms. The number of rotatable bonds is 12. The van der Waals surface area contributed by atoms with Crippen molar-refractivity contribution in [2.24, 2.45) is 0 Å². The molecule has 0 aliphatic heterocycles. The van der Waals surface area contributed by atoms with Crippen LogP contribution in [0.2, 0.25) is 0 Å². The summed E-state index contributed by atoms with van der Waals surface area (Å²) in [5, 5.41) is 8.91. The monoisotopic (exact) mass is 516 g/mol. The average Bonchev–Trinajstić information content (AvgIpc) is 2.81. The standard InChI is InChI=1S/C24H25BrN2O6/c25-19-6-10-21(11-7-19)33-17-3-13-26-15-12-22(28)27(24(26)31)14-1-2-16-32-20-8-4-18(5-9-20)23(29)30/h4-12,15H,1-3,13-14,16-17H2,(H,29,30). The first-order valence-electron chi connectivity index (χ1n) is 10.6. The fourth-order valence-electron chi connectivity index (χ4n) is 3.14. The van der Waals surface area contributed by atoms with Crippen molar-refractivity contribution in [3.05, 3.63) is 91.7 Å². The number of hydrogen-bond donors (Lipinski definition) is 1. The maximum atomic E-state index is 12.7. The number of aryl methyl sites for hydroxylation is 1. The van der Waals surface area contributed by atoms with Gasteiger partial charge in [0.15, 0.2) is 0 Å². The summed E-state index contributed by atoms with van der Waals surface area (Å²) in [6.07, 6.45) is 3.38. The number of aromatic carboxylic acids is 1. The zero-order chi connectivity index (χ0) is 23.6. The summed E-state index contributed by atoms with van der Waals surface area (Å²) >= 11 is 3.38. The lowest BCUT2D eigenvalue weighted by molar-refractivity contribution is 0.0697. The van der Waals surface area contributed by atoms with Gasteiger partial charge >= 0.3 is 11.7 Å². The molecule has 1 N–H and O–H groups in total. The Morgan fingerprint density at radius 2 is 1.42 bits per heavy atom. The van der Waals surface area contributed by atoms with Crippen LogP contribution in [0, 0.1) is 0 Å². The van der Waals surface area contributed by atoms with E-state index in [4.69, 9.17) is 14.6 Å². The number of carbonyl (C=O) groups is 1. The molecule has 0 fully saturated rings. The van der Waals surface area contributed by atoms with Crippen LogP contribution in [0.3, 0.4) is 0 Å². The van der Waals surface area contributed by atoms with E-state index in [9.17, 15) is 14.4 Å². The highest BCUT2D eigenvalue weighted by Gasteiger charge is 2.06. The summed E-state index contributed by atoms with van der Waals surface area (Å²) in [6.45, 7) is 1.61. The molecular formula is C24H25BrN2O6. The van der Waals surface area contributed by atoms with E-state index < -0.39 is 5.97 Å². The molecule has 0 unspecified atom stereocenters. The average molecular weight is 517 g/mol. The molecule has 0 spiro atoms. The van der Waals surface area contributed by atoms with Gasteiger partial charge in [0.2, 0.25) is 0 Å². The molecule has 0 saturated heterocycles. The van der Waals surface area contributed by atoms with Gasteiger partial charge < -0.3 is 19.1 Å². The predicted octanol–water partition coefficient (Wildman–Crippen LogP) is 3.80. The van der Waals surface area contributed by atoms with E-state index in [0.29, 0.717) is 51.3 Å². The van der Waals surface area contributed by atoms with Crippen LogP contribution in [-0.2, 0) is 13.1 Å². The summed E-state index contributed by atoms with van der Waals surface area (Å²) in [5.41, 5.74) is -0.467. The van der Waals surface area contributed by atoms with Gasteiger partial charge in [0.05, 0.1) is 18.8 Å². The van der Waals surface area contributed by atoms with Crippen molar-refractivity contribution in [1.29, 1.82) is 0 Å². The molecule has 3 rings (SSSR count). The summed E-state index contributed by atoms with van der Waals surface area (Å²) in [7, 11) is 0. The van der Waals surface area contributed by atoms with Crippen LogP contribution in [0.15, 0.2) is 74.9 Å². The van der Waals surface area contributed by atoms with Gasteiger partial charge in [-0.15, -0.1) is 0 Å². The minimum absolute atomic E-state index is 0.196. The number of ether oxygens (including phenoxy) is 2. The van der Waals surface area contributed by atoms with Crippen LogP contribution in [0.1, 0.15) is 29.6 Å². The first-order chi connectivity index (χ1) is 15.9. The highest BCUT2D eigenvalue weighted by molar-refractivity contribution is 9.10. The van der Waals surface area contributed by atoms with Crippen molar-refractivity contribution < 1.29 is 19.4 Å². The Kier molecular flexibility index (Phi) is 8.88. The molecule has 1 heterocycles. The molecule has 0 bridgehead atoms. The normalized spacial score (nSPS) is 10.7. The molecule has 174 valence electrons. The third kappa shape index (κ3) is 7.35. The highest BCUT2D eigenvalue weighted by atomic mass is 79.9. The lowest BCUT2D eigenvalue weighted by atomic mass is 10.2. The van der Waals surface area contributed by atoms with E-state index in [1.807, 2.05) is 24.3 Å². The van der Waals surface area contributed by atoms with Gasteiger partial charge in [0.25, 0.3) is 5.56 Å². The van der Waals surface area contributed by atoms with Crippen molar-refractivity contribution in [2.75, 3.05) is 13.2 Å². The van der Waals surface area contributed by atoms with Crippen LogP contribution in [-0.4, -0.2) is 33.4 Å². The maximum Gasteiger partial charge on any atom is 0.335 e. The van der Waals surface area contributed by atoms with Gasteiger partial charge in [-0.25, -0.2) is 9.59 Å².